The van der Waals surface area contributed by atoms with E-state index in [2.05, 4.69) is 21.0 Å². The van der Waals surface area contributed by atoms with E-state index in [1.165, 1.54) is 0 Å². The van der Waals surface area contributed by atoms with Crippen molar-refractivity contribution in [1.82, 2.24) is 20.4 Å². The Labute approximate surface area is 141 Å². The summed E-state index contributed by atoms with van der Waals surface area (Å²) in [4.78, 5) is 24.2. The molecule has 0 fully saturated rings. The Morgan fingerprint density at radius 3 is 2.38 bits per heavy atom. The molecule has 2 atom stereocenters. The van der Waals surface area contributed by atoms with E-state index in [9.17, 15) is 9.59 Å². The van der Waals surface area contributed by atoms with Crippen LogP contribution in [0.1, 0.15) is 31.1 Å². The lowest BCUT2D eigenvalue weighted by Gasteiger charge is -2.18. The van der Waals surface area contributed by atoms with Gasteiger partial charge in [-0.1, -0.05) is 18.2 Å². The number of nitrogens with one attached hydrogen (secondary N) is 3. The van der Waals surface area contributed by atoms with Gasteiger partial charge < -0.3 is 16.0 Å². The Morgan fingerprint density at radius 2 is 1.79 bits per heavy atom. The molecule has 2 aromatic rings. The number of urea groups is 1. The number of carbonyl (C=O) groups is 2. The van der Waals surface area contributed by atoms with Crippen molar-refractivity contribution in [3.63, 3.8) is 0 Å². The highest BCUT2D eigenvalue weighted by Crippen LogP contribution is 2.15. The van der Waals surface area contributed by atoms with Crippen LogP contribution >= 0.6 is 0 Å². The largest absolute Gasteiger partial charge is 0.332 e. The highest BCUT2D eigenvalue weighted by atomic mass is 16.2. The van der Waals surface area contributed by atoms with Crippen LogP contribution in [-0.2, 0) is 11.8 Å². The molecule has 24 heavy (non-hydrogen) atoms. The second-order valence-electron chi connectivity index (χ2n) is 5.76. The van der Waals surface area contributed by atoms with Crippen molar-refractivity contribution in [2.45, 2.75) is 32.9 Å². The predicted octanol–water partition coefficient (Wildman–Crippen LogP) is 2.12. The van der Waals surface area contributed by atoms with Crippen molar-refractivity contribution in [2.24, 2.45) is 7.05 Å². The predicted molar refractivity (Wildman–Crippen MR) is 92.6 cm³/mol. The van der Waals surface area contributed by atoms with Crippen molar-refractivity contribution >= 4 is 17.6 Å². The quantitative estimate of drug-likeness (QED) is 0.785. The average molecular weight is 329 g/mol. The Morgan fingerprint density at radius 1 is 1.12 bits per heavy atom. The number of carbonyl (C=O) groups excluding carboxylic acids is 2. The van der Waals surface area contributed by atoms with Crippen LogP contribution in [0.2, 0.25) is 0 Å². The van der Waals surface area contributed by atoms with E-state index in [0.29, 0.717) is 5.69 Å². The van der Waals surface area contributed by atoms with Gasteiger partial charge in [-0.05, 0) is 32.9 Å². The third kappa shape index (κ3) is 4.58. The van der Waals surface area contributed by atoms with Gasteiger partial charge in [-0.2, -0.15) is 5.10 Å². The second-order valence-corrected chi connectivity index (χ2v) is 5.76. The Hall–Kier alpha value is -2.83. The van der Waals surface area contributed by atoms with Gasteiger partial charge in [0.05, 0.1) is 11.7 Å². The summed E-state index contributed by atoms with van der Waals surface area (Å²) in [7, 11) is 1.83. The molecule has 3 N–H and O–H groups in total. The smallest absolute Gasteiger partial charge is 0.315 e. The van der Waals surface area contributed by atoms with Crippen molar-refractivity contribution in [2.75, 3.05) is 5.32 Å². The first-order valence-corrected chi connectivity index (χ1v) is 7.80. The van der Waals surface area contributed by atoms with Gasteiger partial charge in [0, 0.05) is 24.5 Å². The van der Waals surface area contributed by atoms with Gasteiger partial charge in [-0.25, -0.2) is 4.79 Å². The van der Waals surface area contributed by atoms with Crippen molar-refractivity contribution in [1.29, 1.82) is 0 Å². The van der Waals surface area contributed by atoms with Gasteiger partial charge in [0.1, 0.15) is 6.04 Å². The number of anilines is 1. The molecule has 0 unspecified atom stereocenters. The first-order valence-electron chi connectivity index (χ1n) is 7.80. The minimum Gasteiger partial charge on any atom is -0.332 e. The fourth-order valence-electron chi connectivity index (χ4n) is 2.39. The zero-order valence-electron chi connectivity index (χ0n) is 14.3. The van der Waals surface area contributed by atoms with Gasteiger partial charge in [0.25, 0.3) is 0 Å². The zero-order chi connectivity index (χ0) is 17.7. The summed E-state index contributed by atoms with van der Waals surface area (Å²) in [6.45, 7) is 5.40. The number of aryl methyl sites for hydroxylation is 2. The van der Waals surface area contributed by atoms with E-state index in [1.54, 1.807) is 23.7 Å². The zero-order valence-corrected chi connectivity index (χ0v) is 14.3. The fourth-order valence-corrected chi connectivity index (χ4v) is 2.39. The molecule has 1 aromatic carbocycles. The first kappa shape index (κ1) is 17.5. The summed E-state index contributed by atoms with van der Waals surface area (Å²) in [5.74, 6) is -0.276. The van der Waals surface area contributed by atoms with Crippen molar-refractivity contribution < 1.29 is 9.59 Å². The van der Waals surface area contributed by atoms with Crippen LogP contribution in [0.25, 0.3) is 0 Å². The molecule has 0 aliphatic heterocycles. The van der Waals surface area contributed by atoms with Crippen LogP contribution < -0.4 is 16.0 Å². The minimum absolute atomic E-state index is 0.205. The van der Waals surface area contributed by atoms with E-state index in [-0.39, 0.29) is 11.9 Å². The van der Waals surface area contributed by atoms with E-state index in [0.717, 1.165) is 11.3 Å². The molecular formula is C17H23N5O2. The van der Waals surface area contributed by atoms with Crippen LogP contribution in [0.4, 0.5) is 10.5 Å². The molecule has 0 saturated carbocycles. The minimum atomic E-state index is -0.660. The summed E-state index contributed by atoms with van der Waals surface area (Å²) in [5, 5.41) is 12.5. The molecule has 2 rings (SSSR count). The van der Waals surface area contributed by atoms with Crippen molar-refractivity contribution in [3.8, 4) is 0 Å². The van der Waals surface area contributed by atoms with E-state index >= 15 is 0 Å². The SMILES string of the molecule is Cc1nn(C)cc1[C@@H](C)NC(=O)N[C@H](C)C(=O)Nc1ccccc1. The summed E-state index contributed by atoms with van der Waals surface area (Å²) in [6.07, 6.45) is 1.87. The Kier molecular flexibility index (Phi) is 5.57. The molecule has 7 heteroatoms. The third-order valence-corrected chi connectivity index (χ3v) is 3.65. The van der Waals surface area contributed by atoms with Crippen LogP contribution in [0.15, 0.2) is 36.5 Å². The number of hydrogen-bond acceptors (Lipinski definition) is 3. The highest BCUT2D eigenvalue weighted by Gasteiger charge is 2.18. The van der Waals surface area contributed by atoms with Crippen LogP contribution in [0, 0.1) is 6.92 Å². The van der Waals surface area contributed by atoms with E-state index in [4.69, 9.17) is 0 Å². The molecule has 7 nitrogen and oxygen atoms in total. The topological polar surface area (TPSA) is 88.1 Å². The summed E-state index contributed by atoms with van der Waals surface area (Å²) in [6, 6.07) is 7.84. The summed E-state index contributed by atoms with van der Waals surface area (Å²) in [5.41, 5.74) is 2.49. The molecular weight excluding hydrogens is 306 g/mol. The lowest BCUT2D eigenvalue weighted by Crippen LogP contribution is -2.46. The number of benzene rings is 1. The summed E-state index contributed by atoms with van der Waals surface area (Å²) >= 11 is 0. The van der Waals surface area contributed by atoms with Crippen LogP contribution in [-0.4, -0.2) is 27.8 Å². The number of hydrogen-bond donors (Lipinski definition) is 3. The summed E-state index contributed by atoms with van der Waals surface area (Å²) < 4.78 is 1.71. The second kappa shape index (κ2) is 7.63. The molecule has 3 amide bonds. The average Bonchev–Trinajstić information content (AvgIpc) is 2.86. The van der Waals surface area contributed by atoms with Gasteiger partial charge in [0.2, 0.25) is 5.91 Å². The van der Waals surface area contributed by atoms with E-state index < -0.39 is 12.1 Å². The molecule has 0 spiro atoms. The Balaban J connectivity index is 1.87. The lowest BCUT2D eigenvalue weighted by atomic mass is 10.1. The number of amides is 3. The molecule has 128 valence electrons. The number of rotatable bonds is 5. The van der Waals surface area contributed by atoms with Crippen LogP contribution in [0.3, 0.4) is 0 Å². The fraction of sp³-hybridized carbons (Fsp3) is 0.353. The molecule has 1 aromatic heterocycles. The van der Waals surface area contributed by atoms with Crippen molar-refractivity contribution in [3.05, 3.63) is 47.8 Å². The van der Waals surface area contributed by atoms with Gasteiger partial charge in [-0.15, -0.1) is 0 Å². The molecule has 0 aliphatic rings. The molecule has 0 aliphatic carbocycles. The maximum atomic E-state index is 12.1. The molecule has 0 saturated heterocycles. The normalized spacial score (nSPS) is 13.0. The third-order valence-electron chi connectivity index (χ3n) is 3.65. The first-order chi connectivity index (χ1) is 11.4. The Bertz CT molecular complexity index is 711. The van der Waals surface area contributed by atoms with Gasteiger partial charge in [0.15, 0.2) is 0 Å². The molecule has 0 bridgehead atoms. The number of para-hydroxylation sites is 1. The lowest BCUT2D eigenvalue weighted by molar-refractivity contribution is -0.117. The maximum Gasteiger partial charge on any atom is 0.315 e. The number of nitrogens with zero attached hydrogens (tertiary/aromatic N) is 2. The number of aromatic nitrogens is 2. The standard InChI is InChI=1S/C17H23N5O2/c1-11(15-10-22(4)21-12(15)2)18-17(24)19-13(3)16(23)20-14-8-6-5-7-9-14/h5-11,13H,1-4H3,(H,20,23)(H2,18,19,24)/t11-,13-/m1/s1. The molecule has 1 heterocycles. The molecule has 0 radical (unpaired) electrons. The maximum absolute atomic E-state index is 12.1. The van der Waals surface area contributed by atoms with Gasteiger partial charge in [-0.3, -0.25) is 9.48 Å². The van der Waals surface area contributed by atoms with E-state index in [1.807, 2.05) is 45.3 Å². The van der Waals surface area contributed by atoms with Gasteiger partial charge >= 0.3 is 6.03 Å². The van der Waals surface area contributed by atoms with Crippen LogP contribution in [0.5, 0.6) is 0 Å². The monoisotopic (exact) mass is 329 g/mol. The highest BCUT2D eigenvalue weighted by molar-refractivity contribution is 5.96.